The first-order valence-corrected chi connectivity index (χ1v) is 7.17. The van der Waals surface area contributed by atoms with Gasteiger partial charge in [-0.2, -0.15) is 0 Å². The Kier molecular flexibility index (Phi) is 4.88. The summed E-state index contributed by atoms with van der Waals surface area (Å²) in [5.74, 6) is 0.416. The van der Waals surface area contributed by atoms with E-state index in [1.165, 1.54) is 12.1 Å². The number of aromatic hydroxyl groups is 1. The average Bonchev–Trinajstić information content (AvgIpc) is 2.51. The smallest absolute Gasteiger partial charge is 0.189 e. The third-order valence-corrected chi connectivity index (χ3v) is 4.03. The number of rotatable bonds is 4. The molecule has 114 valence electrons. The average molecular weight is 317 g/mol. The van der Waals surface area contributed by atoms with Crippen LogP contribution in [0.25, 0.3) is 6.08 Å². The van der Waals surface area contributed by atoms with E-state index in [0.717, 1.165) is 16.9 Å². The van der Waals surface area contributed by atoms with Gasteiger partial charge in [0.15, 0.2) is 5.78 Å². The summed E-state index contributed by atoms with van der Waals surface area (Å²) >= 11 is 6.15. The molecule has 0 heterocycles. The van der Waals surface area contributed by atoms with Crippen molar-refractivity contribution < 1.29 is 14.6 Å². The number of phenols is 1. The maximum Gasteiger partial charge on any atom is 0.189 e. The molecule has 0 fully saturated rings. The van der Waals surface area contributed by atoms with Gasteiger partial charge in [0.25, 0.3) is 0 Å². The molecule has 4 heteroatoms. The molecule has 0 aliphatic rings. The summed E-state index contributed by atoms with van der Waals surface area (Å²) in [6.45, 7) is 3.51. The van der Waals surface area contributed by atoms with E-state index in [0.29, 0.717) is 10.6 Å². The number of aryl methyl sites for hydroxylation is 1. The third kappa shape index (κ3) is 3.31. The zero-order valence-corrected chi connectivity index (χ0v) is 13.4. The summed E-state index contributed by atoms with van der Waals surface area (Å²) in [5.41, 5.74) is 2.43. The second kappa shape index (κ2) is 6.67. The number of ketones is 1. The van der Waals surface area contributed by atoms with Crippen LogP contribution in [-0.4, -0.2) is 18.0 Å². The number of phenolic OH excluding ortho intramolecular Hbond substituents is 1. The van der Waals surface area contributed by atoms with E-state index >= 15 is 0 Å². The third-order valence-electron chi connectivity index (χ3n) is 3.45. The van der Waals surface area contributed by atoms with Crippen LogP contribution in [0.5, 0.6) is 11.5 Å². The van der Waals surface area contributed by atoms with Gasteiger partial charge >= 0.3 is 0 Å². The fourth-order valence-electron chi connectivity index (χ4n) is 2.22. The molecule has 0 amide bonds. The zero-order valence-electron chi connectivity index (χ0n) is 12.7. The van der Waals surface area contributed by atoms with Crippen LogP contribution in [0.3, 0.4) is 0 Å². The highest BCUT2D eigenvalue weighted by Gasteiger charge is 2.16. The first-order chi connectivity index (χ1) is 10.4. The van der Waals surface area contributed by atoms with Gasteiger partial charge in [-0.05, 0) is 54.8 Å². The van der Waals surface area contributed by atoms with Crippen molar-refractivity contribution in [2.45, 2.75) is 13.8 Å². The Hall–Kier alpha value is -2.26. The second-order valence-corrected chi connectivity index (χ2v) is 5.38. The molecule has 0 unspecified atom stereocenters. The van der Waals surface area contributed by atoms with E-state index in [4.69, 9.17) is 16.3 Å². The molecule has 0 aliphatic heterocycles. The van der Waals surface area contributed by atoms with Crippen LogP contribution in [0.15, 0.2) is 36.4 Å². The summed E-state index contributed by atoms with van der Waals surface area (Å²) in [5, 5.41) is 10.5. The highest BCUT2D eigenvalue weighted by atomic mass is 35.5. The van der Waals surface area contributed by atoms with Gasteiger partial charge in [-0.25, -0.2) is 0 Å². The molecule has 22 heavy (non-hydrogen) atoms. The molecule has 0 atom stereocenters. The summed E-state index contributed by atoms with van der Waals surface area (Å²) in [4.78, 5) is 12.3. The zero-order chi connectivity index (χ0) is 16.3. The van der Waals surface area contributed by atoms with Crippen LogP contribution in [-0.2, 0) is 0 Å². The van der Waals surface area contributed by atoms with Crippen molar-refractivity contribution in [3.8, 4) is 11.5 Å². The quantitative estimate of drug-likeness (QED) is 0.664. The van der Waals surface area contributed by atoms with Crippen molar-refractivity contribution in [2.75, 3.05) is 7.11 Å². The van der Waals surface area contributed by atoms with Gasteiger partial charge in [-0.1, -0.05) is 29.8 Å². The van der Waals surface area contributed by atoms with Gasteiger partial charge in [-0.15, -0.1) is 0 Å². The van der Waals surface area contributed by atoms with E-state index in [1.807, 2.05) is 24.3 Å². The molecule has 3 nitrogen and oxygen atoms in total. The number of halogens is 1. The Bertz CT molecular complexity index is 731. The largest absolute Gasteiger partial charge is 0.507 e. The van der Waals surface area contributed by atoms with Gasteiger partial charge < -0.3 is 9.84 Å². The number of carbonyl (C=O) groups excluding carboxylic acids is 1. The maximum atomic E-state index is 12.3. The van der Waals surface area contributed by atoms with Crippen molar-refractivity contribution in [3.05, 3.63) is 63.7 Å². The lowest BCUT2D eigenvalue weighted by Crippen LogP contribution is -2.00. The minimum atomic E-state index is -0.285. The molecule has 0 aliphatic carbocycles. The number of methoxy groups -OCH3 is 1. The van der Waals surface area contributed by atoms with Gasteiger partial charge in [0.05, 0.1) is 12.7 Å². The van der Waals surface area contributed by atoms with Crippen molar-refractivity contribution in [1.82, 2.24) is 0 Å². The molecule has 0 bridgehead atoms. The van der Waals surface area contributed by atoms with Gasteiger partial charge in [-0.3, -0.25) is 4.79 Å². The Balaban J connectivity index is 2.29. The lowest BCUT2D eigenvalue weighted by Gasteiger charge is -2.09. The van der Waals surface area contributed by atoms with E-state index in [9.17, 15) is 9.90 Å². The topological polar surface area (TPSA) is 46.5 Å². The molecular weight excluding hydrogens is 300 g/mol. The summed E-state index contributed by atoms with van der Waals surface area (Å²) in [7, 11) is 1.60. The molecule has 2 rings (SSSR count). The second-order valence-electron chi connectivity index (χ2n) is 5.00. The van der Waals surface area contributed by atoms with Crippen LogP contribution in [0.4, 0.5) is 0 Å². The van der Waals surface area contributed by atoms with Crippen molar-refractivity contribution in [1.29, 1.82) is 0 Å². The van der Waals surface area contributed by atoms with Crippen molar-refractivity contribution in [2.24, 2.45) is 0 Å². The number of benzene rings is 2. The summed E-state index contributed by atoms with van der Waals surface area (Å²) in [6.07, 6.45) is 3.12. The number of hydrogen-bond donors (Lipinski definition) is 1. The van der Waals surface area contributed by atoms with E-state index in [1.54, 1.807) is 27.0 Å². The van der Waals surface area contributed by atoms with Crippen LogP contribution in [0, 0.1) is 13.8 Å². The SMILES string of the molecule is COc1ccc(/C=C/C(=O)c2c(O)cc(C)c(Cl)c2C)cc1. The summed E-state index contributed by atoms with van der Waals surface area (Å²) < 4.78 is 5.08. The van der Waals surface area contributed by atoms with E-state index < -0.39 is 0 Å². The van der Waals surface area contributed by atoms with Crippen LogP contribution < -0.4 is 4.74 Å². The molecule has 0 aromatic heterocycles. The van der Waals surface area contributed by atoms with Crippen LogP contribution >= 0.6 is 11.6 Å². The fourth-order valence-corrected chi connectivity index (χ4v) is 2.37. The van der Waals surface area contributed by atoms with Crippen LogP contribution in [0.1, 0.15) is 27.0 Å². The Labute approximate surface area is 134 Å². The maximum absolute atomic E-state index is 12.3. The standard InChI is InChI=1S/C18H17ClO3/c1-11-10-16(21)17(12(2)18(11)19)15(20)9-6-13-4-7-14(22-3)8-5-13/h4-10,21H,1-3H3/b9-6+. The van der Waals surface area contributed by atoms with E-state index in [2.05, 4.69) is 0 Å². The van der Waals surface area contributed by atoms with Gasteiger partial charge in [0, 0.05) is 5.02 Å². The predicted molar refractivity (Wildman–Crippen MR) is 88.9 cm³/mol. The molecule has 0 spiro atoms. The first kappa shape index (κ1) is 16.1. The molecule has 0 saturated heterocycles. The molecule has 2 aromatic carbocycles. The monoisotopic (exact) mass is 316 g/mol. The number of hydrogen-bond acceptors (Lipinski definition) is 3. The molecular formula is C18H17ClO3. The summed E-state index contributed by atoms with van der Waals surface area (Å²) in [6, 6.07) is 8.82. The van der Waals surface area contributed by atoms with Crippen molar-refractivity contribution in [3.63, 3.8) is 0 Å². The lowest BCUT2D eigenvalue weighted by molar-refractivity contribution is 0.104. The van der Waals surface area contributed by atoms with Crippen molar-refractivity contribution >= 4 is 23.5 Å². The Morgan fingerprint density at radius 3 is 2.45 bits per heavy atom. The number of carbonyl (C=O) groups is 1. The molecule has 1 N–H and O–H groups in total. The minimum absolute atomic E-state index is 0.0521. The number of allylic oxidation sites excluding steroid dienone is 1. The van der Waals surface area contributed by atoms with Crippen LogP contribution in [0.2, 0.25) is 5.02 Å². The molecule has 0 saturated carbocycles. The fraction of sp³-hybridized carbons (Fsp3) is 0.167. The van der Waals surface area contributed by atoms with E-state index in [-0.39, 0.29) is 17.1 Å². The first-order valence-electron chi connectivity index (χ1n) is 6.79. The van der Waals surface area contributed by atoms with Gasteiger partial charge in [0.1, 0.15) is 11.5 Å². The van der Waals surface area contributed by atoms with Gasteiger partial charge in [0.2, 0.25) is 0 Å². The normalized spacial score (nSPS) is 10.9. The predicted octanol–water partition coefficient (Wildman–Crippen LogP) is 4.57. The Morgan fingerprint density at radius 1 is 1.23 bits per heavy atom. The highest BCUT2D eigenvalue weighted by Crippen LogP contribution is 2.31. The minimum Gasteiger partial charge on any atom is -0.507 e. The number of ether oxygens (including phenoxy) is 1. The highest BCUT2D eigenvalue weighted by molar-refractivity contribution is 6.33. The molecule has 0 radical (unpaired) electrons. The Morgan fingerprint density at radius 2 is 1.86 bits per heavy atom. The molecule has 2 aromatic rings. The lowest BCUT2D eigenvalue weighted by atomic mass is 10.00.